The highest BCUT2D eigenvalue weighted by atomic mass is 28.4. The molecule has 0 radical (unpaired) electrons. The number of hydrogen-bond acceptors (Lipinski definition) is 6. The number of aliphatic hydroxyl groups excluding tert-OH is 3. The lowest BCUT2D eigenvalue weighted by Crippen LogP contribution is -2.46. The summed E-state index contributed by atoms with van der Waals surface area (Å²) in [4.78, 5) is 0. The molecule has 0 heterocycles. The van der Waals surface area contributed by atoms with Gasteiger partial charge in [0.1, 0.15) is 0 Å². The molecule has 0 aliphatic carbocycles. The minimum absolute atomic E-state index is 0.0995. The van der Waals surface area contributed by atoms with Gasteiger partial charge in [-0.2, -0.15) is 0 Å². The van der Waals surface area contributed by atoms with Gasteiger partial charge in [0.05, 0.1) is 38.1 Å². The average molecular weight is 268 g/mol. The van der Waals surface area contributed by atoms with Crippen molar-refractivity contribution in [3.63, 3.8) is 0 Å². The molecule has 0 aliphatic rings. The normalized spacial score (nSPS) is 20.6. The topological polar surface area (TPSA) is 88.4 Å². The highest BCUT2D eigenvalue weighted by molar-refractivity contribution is 6.59. The van der Waals surface area contributed by atoms with E-state index in [0.29, 0.717) is 0 Å². The van der Waals surface area contributed by atoms with Crippen molar-refractivity contribution < 1.29 is 28.6 Å². The van der Waals surface area contributed by atoms with Gasteiger partial charge in [-0.05, 0) is 20.8 Å². The van der Waals surface area contributed by atoms with E-state index in [1.807, 2.05) is 0 Å². The lowest BCUT2D eigenvalue weighted by molar-refractivity contribution is -0.00449. The highest BCUT2D eigenvalue weighted by Crippen LogP contribution is 2.11. The van der Waals surface area contributed by atoms with Crippen molar-refractivity contribution >= 4 is 8.80 Å². The van der Waals surface area contributed by atoms with Gasteiger partial charge in [0.25, 0.3) is 0 Å². The molecule has 0 saturated heterocycles. The molecule has 17 heavy (non-hydrogen) atoms. The van der Waals surface area contributed by atoms with E-state index < -0.39 is 27.1 Å². The summed E-state index contributed by atoms with van der Waals surface area (Å²) < 4.78 is 16.2. The van der Waals surface area contributed by atoms with Crippen LogP contribution < -0.4 is 0 Å². The molecule has 104 valence electrons. The molecule has 7 heteroatoms. The van der Waals surface area contributed by atoms with Gasteiger partial charge in [-0.3, -0.25) is 0 Å². The summed E-state index contributed by atoms with van der Waals surface area (Å²) in [5.41, 5.74) is 0. The third-order valence-corrected chi connectivity index (χ3v) is 3.83. The molecule has 3 unspecified atom stereocenters. The second-order valence-corrected chi connectivity index (χ2v) is 6.93. The molecule has 0 fully saturated rings. The van der Waals surface area contributed by atoms with Crippen molar-refractivity contribution in [3.05, 3.63) is 0 Å². The molecule has 0 bridgehead atoms. The average Bonchev–Trinajstić information content (AvgIpc) is 2.21. The van der Waals surface area contributed by atoms with Crippen LogP contribution in [-0.2, 0) is 13.3 Å². The van der Waals surface area contributed by atoms with Gasteiger partial charge in [0.2, 0.25) is 0 Å². The van der Waals surface area contributed by atoms with Gasteiger partial charge >= 0.3 is 8.80 Å². The van der Waals surface area contributed by atoms with Crippen LogP contribution in [0.2, 0.25) is 6.55 Å². The summed E-state index contributed by atoms with van der Waals surface area (Å²) in [5.74, 6) is 0. The van der Waals surface area contributed by atoms with Gasteiger partial charge in [-0.1, -0.05) is 0 Å². The molecular weight excluding hydrogens is 244 g/mol. The first-order chi connectivity index (χ1) is 7.75. The molecule has 0 saturated carbocycles. The van der Waals surface area contributed by atoms with E-state index in [4.69, 9.17) is 28.6 Å². The van der Waals surface area contributed by atoms with Crippen molar-refractivity contribution in [1.29, 1.82) is 0 Å². The Balaban J connectivity index is 4.23. The fourth-order valence-electron chi connectivity index (χ4n) is 0.941. The van der Waals surface area contributed by atoms with Crippen LogP contribution in [0.1, 0.15) is 20.8 Å². The minimum Gasteiger partial charge on any atom is -0.391 e. The molecule has 0 aromatic carbocycles. The molecule has 0 rings (SSSR count). The van der Waals surface area contributed by atoms with Crippen LogP contribution in [0.15, 0.2) is 0 Å². The predicted molar refractivity (Wildman–Crippen MR) is 64.5 cm³/mol. The lowest BCUT2D eigenvalue weighted by atomic mass is 10.5. The van der Waals surface area contributed by atoms with Gasteiger partial charge in [0.15, 0.2) is 0 Å². The molecule has 0 aromatic rings. The quantitative estimate of drug-likeness (QED) is 0.500. The standard InChI is InChI=1S/C10H24O6Si/c1-8(11)5-14-17(4,15-6-9(2)12)16-7-10(3)13/h8-13H,5-7H2,1-4H3. The van der Waals surface area contributed by atoms with E-state index in [1.54, 1.807) is 27.3 Å². The largest absolute Gasteiger partial charge is 0.497 e. The van der Waals surface area contributed by atoms with Crippen LogP contribution >= 0.6 is 0 Å². The van der Waals surface area contributed by atoms with E-state index in [1.165, 1.54) is 0 Å². The Kier molecular flexibility index (Phi) is 8.13. The summed E-state index contributed by atoms with van der Waals surface area (Å²) in [6.45, 7) is 6.75. The van der Waals surface area contributed by atoms with Crippen molar-refractivity contribution in [2.45, 2.75) is 45.6 Å². The second-order valence-electron chi connectivity index (χ2n) is 4.34. The van der Waals surface area contributed by atoms with Crippen LogP contribution in [0.3, 0.4) is 0 Å². The Morgan fingerprint density at radius 2 is 1.00 bits per heavy atom. The van der Waals surface area contributed by atoms with Crippen LogP contribution in [0.5, 0.6) is 0 Å². The van der Waals surface area contributed by atoms with Crippen LogP contribution in [-0.4, -0.2) is 62.3 Å². The predicted octanol–water partition coefficient (Wildman–Crippen LogP) is -0.253. The summed E-state index contributed by atoms with van der Waals surface area (Å²) in [5, 5.41) is 27.5. The van der Waals surface area contributed by atoms with Gasteiger partial charge in [-0.25, -0.2) is 0 Å². The van der Waals surface area contributed by atoms with Gasteiger partial charge < -0.3 is 28.6 Å². The smallest absolute Gasteiger partial charge is 0.391 e. The Hall–Kier alpha value is -0.0231. The number of hydrogen-bond donors (Lipinski definition) is 3. The molecule has 0 aromatic heterocycles. The minimum atomic E-state index is -2.92. The molecule has 3 N–H and O–H groups in total. The molecule has 3 atom stereocenters. The first-order valence-electron chi connectivity index (χ1n) is 5.71. The van der Waals surface area contributed by atoms with E-state index in [2.05, 4.69) is 0 Å². The summed E-state index contributed by atoms with van der Waals surface area (Å²) in [6, 6.07) is 0. The zero-order chi connectivity index (χ0) is 13.5. The number of aliphatic hydroxyl groups is 3. The highest BCUT2D eigenvalue weighted by Gasteiger charge is 2.36. The van der Waals surface area contributed by atoms with Crippen LogP contribution in [0.25, 0.3) is 0 Å². The monoisotopic (exact) mass is 268 g/mol. The third kappa shape index (κ3) is 9.66. The zero-order valence-corrected chi connectivity index (χ0v) is 11.9. The maximum Gasteiger partial charge on any atom is 0.497 e. The van der Waals surface area contributed by atoms with Crippen LogP contribution in [0.4, 0.5) is 0 Å². The molecular formula is C10H24O6Si. The lowest BCUT2D eigenvalue weighted by Gasteiger charge is -2.27. The second kappa shape index (κ2) is 8.14. The van der Waals surface area contributed by atoms with Crippen molar-refractivity contribution in [1.82, 2.24) is 0 Å². The summed E-state index contributed by atoms with van der Waals surface area (Å²) in [6.07, 6.45) is -1.86. The maximum absolute atomic E-state index is 9.16. The van der Waals surface area contributed by atoms with E-state index in [0.717, 1.165) is 0 Å². The maximum atomic E-state index is 9.16. The first-order valence-corrected chi connectivity index (χ1v) is 7.93. The molecule has 0 aliphatic heterocycles. The number of rotatable bonds is 9. The summed E-state index contributed by atoms with van der Waals surface area (Å²) in [7, 11) is -2.92. The Bertz CT molecular complexity index is 166. The fraction of sp³-hybridized carbons (Fsp3) is 1.00. The first kappa shape index (κ1) is 17.0. The molecule has 6 nitrogen and oxygen atoms in total. The molecule has 0 spiro atoms. The van der Waals surface area contributed by atoms with Crippen molar-refractivity contribution in [2.75, 3.05) is 19.8 Å². The van der Waals surface area contributed by atoms with Crippen molar-refractivity contribution in [3.8, 4) is 0 Å². The fourth-order valence-corrected chi connectivity index (χ4v) is 2.82. The zero-order valence-electron chi connectivity index (χ0n) is 10.9. The summed E-state index contributed by atoms with van der Waals surface area (Å²) >= 11 is 0. The Morgan fingerprint density at radius 1 is 0.765 bits per heavy atom. The van der Waals surface area contributed by atoms with Crippen LogP contribution in [0, 0.1) is 0 Å². The van der Waals surface area contributed by atoms with E-state index in [9.17, 15) is 0 Å². The van der Waals surface area contributed by atoms with Gasteiger partial charge in [0, 0.05) is 6.55 Å². The van der Waals surface area contributed by atoms with Gasteiger partial charge in [-0.15, -0.1) is 0 Å². The van der Waals surface area contributed by atoms with E-state index >= 15 is 0 Å². The molecule has 0 amide bonds. The third-order valence-electron chi connectivity index (χ3n) is 1.76. The van der Waals surface area contributed by atoms with Crippen molar-refractivity contribution in [2.24, 2.45) is 0 Å². The SMILES string of the molecule is CC(O)CO[Si](C)(OCC(C)O)OCC(C)O. The Morgan fingerprint density at radius 3 is 1.18 bits per heavy atom. The van der Waals surface area contributed by atoms with E-state index in [-0.39, 0.29) is 19.8 Å². The Labute approximate surface area is 103 Å².